The maximum atomic E-state index is 12.6. The van der Waals surface area contributed by atoms with Crippen molar-refractivity contribution in [3.63, 3.8) is 0 Å². The molecule has 0 radical (unpaired) electrons. The lowest BCUT2D eigenvalue weighted by Gasteiger charge is -2.33. The number of likely N-dealkylation sites (N-methyl/N-ethyl adjacent to an activating group) is 1. The van der Waals surface area contributed by atoms with E-state index in [0.29, 0.717) is 16.3 Å². The van der Waals surface area contributed by atoms with Gasteiger partial charge in [-0.2, -0.15) is 0 Å². The van der Waals surface area contributed by atoms with Gasteiger partial charge in [0.1, 0.15) is 10.6 Å². The van der Waals surface area contributed by atoms with E-state index in [-0.39, 0.29) is 12.5 Å². The number of amides is 1. The molecule has 1 amide bonds. The Hall–Kier alpha value is -1.79. The number of anilines is 1. The number of nitrogen functional groups attached to an aromatic ring is 1. The highest BCUT2D eigenvalue weighted by Gasteiger charge is 2.30. The molecule has 21 heavy (non-hydrogen) atoms. The van der Waals surface area contributed by atoms with Gasteiger partial charge in [0.25, 0.3) is 5.91 Å². The Labute approximate surface area is 127 Å². The Morgan fingerprint density at radius 1 is 1.48 bits per heavy atom. The standard InChI is InChI=1S/C15H20N2O3S/c1-15(2,8-18)17(3)14(19)13-12(16)11-9(20-4)6-5-7-10(11)21-13/h5-7,18H,8,16H2,1-4H3. The molecule has 0 fully saturated rings. The molecule has 0 aliphatic carbocycles. The monoisotopic (exact) mass is 308 g/mol. The lowest BCUT2D eigenvalue weighted by Crippen LogP contribution is -2.47. The fourth-order valence-electron chi connectivity index (χ4n) is 2.00. The molecule has 114 valence electrons. The summed E-state index contributed by atoms with van der Waals surface area (Å²) in [5.74, 6) is 0.458. The van der Waals surface area contributed by atoms with Gasteiger partial charge in [0.2, 0.25) is 0 Å². The van der Waals surface area contributed by atoms with E-state index in [2.05, 4.69) is 0 Å². The number of thiophene rings is 1. The van der Waals surface area contributed by atoms with E-state index in [9.17, 15) is 9.90 Å². The highest BCUT2D eigenvalue weighted by Crippen LogP contribution is 2.40. The van der Waals surface area contributed by atoms with Gasteiger partial charge in [-0.15, -0.1) is 11.3 Å². The third-order valence-electron chi connectivity index (χ3n) is 3.73. The first kappa shape index (κ1) is 15.6. The van der Waals surface area contributed by atoms with Gasteiger partial charge >= 0.3 is 0 Å². The van der Waals surface area contributed by atoms with Crippen molar-refractivity contribution >= 4 is 33.0 Å². The number of nitrogens with two attached hydrogens (primary N) is 1. The summed E-state index contributed by atoms with van der Waals surface area (Å²) < 4.78 is 6.22. The van der Waals surface area contributed by atoms with E-state index in [1.807, 2.05) is 18.2 Å². The molecule has 2 aromatic rings. The van der Waals surface area contributed by atoms with Crippen LogP contribution in [0.5, 0.6) is 5.75 Å². The van der Waals surface area contributed by atoms with Gasteiger partial charge in [-0.3, -0.25) is 4.79 Å². The number of hydrogen-bond donors (Lipinski definition) is 2. The number of hydrogen-bond acceptors (Lipinski definition) is 5. The zero-order valence-corrected chi connectivity index (χ0v) is 13.5. The zero-order chi connectivity index (χ0) is 15.8. The number of carbonyl (C=O) groups is 1. The Balaban J connectivity index is 2.53. The third kappa shape index (κ3) is 2.56. The summed E-state index contributed by atoms with van der Waals surface area (Å²) in [5, 5.41) is 10.2. The number of ether oxygens (including phenoxy) is 1. The molecular weight excluding hydrogens is 288 g/mol. The number of carbonyl (C=O) groups excluding carboxylic acids is 1. The first-order valence-electron chi connectivity index (χ1n) is 6.57. The summed E-state index contributed by atoms with van der Waals surface area (Å²) in [6.07, 6.45) is 0. The summed E-state index contributed by atoms with van der Waals surface area (Å²) in [7, 11) is 3.24. The van der Waals surface area contributed by atoms with Gasteiger partial charge in [0.05, 0.1) is 30.3 Å². The Bertz CT molecular complexity index is 679. The van der Waals surface area contributed by atoms with Crippen LogP contribution in [0.4, 0.5) is 5.69 Å². The van der Waals surface area contributed by atoms with Crippen molar-refractivity contribution in [3.05, 3.63) is 23.1 Å². The molecule has 0 saturated carbocycles. The molecule has 0 saturated heterocycles. The third-order valence-corrected chi connectivity index (χ3v) is 4.89. The van der Waals surface area contributed by atoms with Crippen LogP contribution in [0.2, 0.25) is 0 Å². The first-order chi connectivity index (χ1) is 9.83. The average Bonchev–Trinajstić information content (AvgIpc) is 2.83. The summed E-state index contributed by atoms with van der Waals surface area (Å²) in [6, 6.07) is 5.60. The predicted molar refractivity (Wildman–Crippen MR) is 86.0 cm³/mol. The molecule has 5 nitrogen and oxygen atoms in total. The summed E-state index contributed by atoms with van der Waals surface area (Å²) in [5.41, 5.74) is 5.94. The summed E-state index contributed by atoms with van der Waals surface area (Å²) in [4.78, 5) is 14.6. The van der Waals surface area contributed by atoms with Crippen LogP contribution in [-0.4, -0.2) is 42.2 Å². The van der Waals surface area contributed by atoms with Crippen LogP contribution in [-0.2, 0) is 0 Å². The summed E-state index contributed by atoms with van der Waals surface area (Å²) >= 11 is 1.34. The van der Waals surface area contributed by atoms with Gasteiger partial charge in [-0.05, 0) is 26.0 Å². The van der Waals surface area contributed by atoms with Crippen LogP contribution in [0.3, 0.4) is 0 Å². The highest BCUT2D eigenvalue weighted by atomic mass is 32.1. The molecular formula is C15H20N2O3S. The van der Waals surface area contributed by atoms with Crippen molar-refractivity contribution in [1.82, 2.24) is 4.90 Å². The van der Waals surface area contributed by atoms with Crippen molar-refractivity contribution < 1.29 is 14.6 Å². The lowest BCUT2D eigenvalue weighted by molar-refractivity contribution is 0.0479. The molecule has 2 rings (SSSR count). The fourth-order valence-corrected chi connectivity index (χ4v) is 3.12. The Morgan fingerprint density at radius 2 is 2.14 bits per heavy atom. The molecule has 0 spiro atoms. The van der Waals surface area contributed by atoms with Crippen molar-refractivity contribution in [2.75, 3.05) is 26.5 Å². The van der Waals surface area contributed by atoms with Crippen molar-refractivity contribution in [3.8, 4) is 5.75 Å². The van der Waals surface area contributed by atoms with Gasteiger partial charge in [0.15, 0.2) is 0 Å². The maximum absolute atomic E-state index is 12.6. The van der Waals surface area contributed by atoms with Gasteiger partial charge in [-0.1, -0.05) is 6.07 Å². The molecule has 0 aliphatic heterocycles. The zero-order valence-electron chi connectivity index (χ0n) is 12.6. The van der Waals surface area contributed by atoms with Gasteiger partial charge < -0.3 is 20.5 Å². The molecule has 0 bridgehead atoms. The number of methoxy groups -OCH3 is 1. The highest BCUT2D eigenvalue weighted by molar-refractivity contribution is 7.21. The van der Waals surface area contributed by atoms with Crippen LogP contribution < -0.4 is 10.5 Å². The molecule has 1 aromatic carbocycles. The molecule has 6 heteroatoms. The van der Waals surface area contributed by atoms with Crippen LogP contribution in [0.25, 0.3) is 10.1 Å². The number of aliphatic hydroxyl groups is 1. The van der Waals surface area contributed by atoms with Crippen LogP contribution in [0.1, 0.15) is 23.5 Å². The normalized spacial score (nSPS) is 11.7. The molecule has 0 unspecified atom stereocenters. The second-order valence-corrected chi connectivity index (χ2v) is 6.57. The van der Waals surface area contributed by atoms with Crippen LogP contribution in [0.15, 0.2) is 18.2 Å². The smallest absolute Gasteiger partial charge is 0.266 e. The minimum absolute atomic E-state index is 0.122. The molecule has 1 aromatic heterocycles. The minimum Gasteiger partial charge on any atom is -0.496 e. The molecule has 0 atom stereocenters. The Morgan fingerprint density at radius 3 is 2.71 bits per heavy atom. The molecule has 3 N–H and O–H groups in total. The molecule has 1 heterocycles. The Kier molecular flexibility index (Phi) is 4.11. The van der Waals surface area contributed by atoms with E-state index in [1.54, 1.807) is 28.0 Å². The van der Waals surface area contributed by atoms with E-state index in [0.717, 1.165) is 10.1 Å². The van der Waals surface area contributed by atoms with Crippen LogP contribution >= 0.6 is 11.3 Å². The minimum atomic E-state index is -0.649. The fraction of sp³-hybridized carbons (Fsp3) is 0.400. The number of rotatable bonds is 4. The second kappa shape index (κ2) is 5.54. The average molecular weight is 308 g/mol. The van der Waals surface area contributed by atoms with Crippen molar-refractivity contribution in [2.45, 2.75) is 19.4 Å². The van der Waals surface area contributed by atoms with Gasteiger partial charge in [-0.25, -0.2) is 0 Å². The second-order valence-electron chi connectivity index (χ2n) is 5.51. The number of aliphatic hydroxyl groups excluding tert-OH is 1. The molecule has 0 aliphatic rings. The summed E-state index contributed by atoms with van der Waals surface area (Å²) in [6.45, 7) is 3.48. The van der Waals surface area contributed by atoms with Crippen LogP contribution in [0, 0.1) is 0 Å². The maximum Gasteiger partial charge on any atom is 0.266 e. The number of nitrogens with zero attached hydrogens (tertiary/aromatic N) is 1. The van der Waals surface area contributed by atoms with Crippen molar-refractivity contribution in [2.24, 2.45) is 0 Å². The SMILES string of the molecule is COc1cccc2sc(C(=O)N(C)C(C)(C)CO)c(N)c12. The van der Waals surface area contributed by atoms with Gasteiger partial charge in [0, 0.05) is 11.7 Å². The van der Waals surface area contributed by atoms with Crippen molar-refractivity contribution in [1.29, 1.82) is 0 Å². The number of fused-ring (bicyclic) bond motifs is 1. The first-order valence-corrected chi connectivity index (χ1v) is 7.39. The van der Waals surface area contributed by atoms with E-state index in [4.69, 9.17) is 10.5 Å². The lowest BCUT2D eigenvalue weighted by atomic mass is 10.0. The predicted octanol–water partition coefficient (Wildman–Crippen LogP) is 2.34. The van der Waals surface area contributed by atoms with E-state index >= 15 is 0 Å². The quantitative estimate of drug-likeness (QED) is 0.909. The number of benzene rings is 1. The van der Waals surface area contributed by atoms with E-state index in [1.165, 1.54) is 16.2 Å². The topological polar surface area (TPSA) is 75.8 Å². The van der Waals surface area contributed by atoms with E-state index < -0.39 is 5.54 Å². The largest absolute Gasteiger partial charge is 0.496 e.